The highest BCUT2D eigenvalue weighted by atomic mass is 32.1. The van der Waals surface area contributed by atoms with Crippen LogP contribution in [0.15, 0.2) is 46.6 Å². The van der Waals surface area contributed by atoms with Crippen LogP contribution >= 0.6 is 11.3 Å². The van der Waals surface area contributed by atoms with E-state index in [0.717, 1.165) is 0 Å². The van der Waals surface area contributed by atoms with E-state index in [2.05, 4.69) is 4.98 Å². The van der Waals surface area contributed by atoms with Gasteiger partial charge in [-0.2, -0.15) is 4.98 Å². The Hall–Kier alpha value is -1.68. The summed E-state index contributed by atoms with van der Waals surface area (Å²) in [5.41, 5.74) is -0.283. The van der Waals surface area contributed by atoms with Crippen LogP contribution in [0.3, 0.4) is 0 Å². The van der Waals surface area contributed by atoms with Crippen molar-refractivity contribution in [1.82, 2.24) is 4.98 Å². The molecule has 0 fully saturated rings. The second kappa shape index (κ2) is 4.02. The Bertz CT molecular complexity index is 467. The average Bonchev–Trinajstić information content (AvgIpc) is 2.19. The lowest BCUT2D eigenvalue weighted by Crippen LogP contribution is -2.02. The monoisotopic (exact) mass is 205 g/mol. The quantitative estimate of drug-likeness (QED) is 0.755. The van der Waals surface area contributed by atoms with Gasteiger partial charge in [-0.05, 0) is 12.1 Å². The highest BCUT2D eigenvalue weighted by Gasteiger charge is 1.97. The van der Waals surface area contributed by atoms with Crippen molar-refractivity contribution >= 4 is 11.3 Å². The number of nitrogens with zero attached hydrogens (tertiary/aromatic N) is 1. The molecular weight excluding hydrogens is 198 g/mol. The van der Waals surface area contributed by atoms with Crippen LogP contribution in [0.5, 0.6) is 10.9 Å². The van der Waals surface area contributed by atoms with Crippen LogP contribution in [-0.4, -0.2) is 4.98 Å². The molecule has 0 radical (unpaired) electrons. The Balaban J connectivity index is 2.24. The van der Waals surface area contributed by atoms with Crippen LogP contribution in [0.2, 0.25) is 0 Å². The van der Waals surface area contributed by atoms with E-state index in [4.69, 9.17) is 4.74 Å². The third-order valence-electron chi connectivity index (χ3n) is 1.53. The number of aromatic nitrogens is 1. The van der Waals surface area contributed by atoms with Gasteiger partial charge in [0.1, 0.15) is 5.75 Å². The van der Waals surface area contributed by atoms with Crippen LogP contribution in [-0.2, 0) is 0 Å². The lowest BCUT2D eigenvalue weighted by atomic mass is 10.3. The molecule has 0 saturated heterocycles. The van der Waals surface area contributed by atoms with Gasteiger partial charge in [-0.25, -0.2) is 0 Å². The number of hydrogen-bond donors (Lipinski definition) is 0. The van der Waals surface area contributed by atoms with Crippen molar-refractivity contribution in [2.45, 2.75) is 0 Å². The summed E-state index contributed by atoms with van der Waals surface area (Å²) in [7, 11) is 0. The molecule has 1 heterocycles. The van der Waals surface area contributed by atoms with Gasteiger partial charge in [0, 0.05) is 11.4 Å². The van der Waals surface area contributed by atoms with E-state index in [1.807, 2.05) is 30.3 Å². The normalized spacial score (nSPS) is 9.71. The van der Waals surface area contributed by atoms with Crippen LogP contribution < -0.4 is 10.3 Å². The third kappa shape index (κ3) is 2.17. The molecule has 0 unspecified atom stereocenters. The van der Waals surface area contributed by atoms with Crippen LogP contribution in [0.1, 0.15) is 0 Å². The highest BCUT2D eigenvalue weighted by molar-refractivity contribution is 7.11. The Morgan fingerprint density at radius 1 is 1.14 bits per heavy atom. The van der Waals surface area contributed by atoms with Crippen molar-refractivity contribution in [2.24, 2.45) is 0 Å². The van der Waals surface area contributed by atoms with Crippen molar-refractivity contribution in [2.75, 3.05) is 0 Å². The molecule has 70 valence electrons. The van der Waals surface area contributed by atoms with Gasteiger partial charge in [-0.1, -0.05) is 29.5 Å². The van der Waals surface area contributed by atoms with Crippen molar-refractivity contribution < 1.29 is 4.74 Å². The maximum atomic E-state index is 10.9. The smallest absolute Gasteiger partial charge is 0.282 e. The summed E-state index contributed by atoms with van der Waals surface area (Å²) in [6.07, 6.45) is 0. The molecule has 0 saturated carbocycles. The standard InChI is InChI=1S/C10H7NO2S/c12-9-6-7-14-10(11-9)13-8-4-2-1-3-5-8/h1-7H. The van der Waals surface area contributed by atoms with E-state index in [-0.39, 0.29) is 5.56 Å². The molecule has 1 aromatic heterocycles. The molecule has 14 heavy (non-hydrogen) atoms. The van der Waals surface area contributed by atoms with Crippen molar-refractivity contribution in [1.29, 1.82) is 0 Å². The summed E-state index contributed by atoms with van der Waals surface area (Å²) in [5, 5.41) is 2.02. The summed E-state index contributed by atoms with van der Waals surface area (Å²) in [5.74, 6) is 0.682. The fraction of sp³-hybridized carbons (Fsp3) is 0. The Labute approximate surface area is 84.6 Å². The van der Waals surface area contributed by atoms with Crippen LogP contribution in [0, 0.1) is 0 Å². The number of benzene rings is 1. The number of rotatable bonds is 2. The molecule has 3 nitrogen and oxygen atoms in total. The second-order valence-electron chi connectivity index (χ2n) is 2.55. The van der Waals surface area contributed by atoms with Gasteiger partial charge in [0.25, 0.3) is 10.8 Å². The number of ether oxygens (including phenoxy) is 1. The lowest BCUT2D eigenvalue weighted by Gasteiger charge is -2.00. The summed E-state index contributed by atoms with van der Waals surface area (Å²) in [4.78, 5) is 14.6. The minimum Gasteiger partial charge on any atom is -0.431 e. The fourth-order valence-electron chi connectivity index (χ4n) is 0.940. The Kier molecular flexibility index (Phi) is 2.55. The topological polar surface area (TPSA) is 39.2 Å². The van der Waals surface area contributed by atoms with E-state index in [1.54, 1.807) is 5.38 Å². The zero-order chi connectivity index (χ0) is 9.80. The molecule has 1 aromatic carbocycles. The van der Waals surface area contributed by atoms with Gasteiger partial charge < -0.3 is 4.74 Å². The molecule has 2 rings (SSSR count). The van der Waals surface area contributed by atoms with Gasteiger partial charge >= 0.3 is 0 Å². The van der Waals surface area contributed by atoms with E-state index in [0.29, 0.717) is 10.9 Å². The summed E-state index contributed by atoms with van der Waals surface area (Å²) in [6, 6.07) is 10.6. The number of hydrogen-bond acceptors (Lipinski definition) is 4. The molecule has 0 aliphatic heterocycles. The zero-order valence-electron chi connectivity index (χ0n) is 7.21. The van der Waals surface area contributed by atoms with Gasteiger partial charge in [-0.3, -0.25) is 4.79 Å². The minimum absolute atomic E-state index is 0.283. The zero-order valence-corrected chi connectivity index (χ0v) is 8.03. The van der Waals surface area contributed by atoms with Gasteiger partial charge in [0.05, 0.1) is 0 Å². The number of para-hydroxylation sites is 1. The largest absolute Gasteiger partial charge is 0.431 e. The molecule has 0 aliphatic rings. The van der Waals surface area contributed by atoms with Crippen LogP contribution in [0.25, 0.3) is 0 Å². The maximum Gasteiger partial charge on any atom is 0.282 e. The first kappa shape index (κ1) is 8.90. The highest BCUT2D eigenvalue weighted by Crippen LogP contribution is 2.20. The molecule has 0 aliphatic carbocycles. The predicted octanol–water partition coefficient (Wildman–Crippen LogP) is 2.30. The molecule has 2 aromatic rings. The first-order valence-corrected chi connectivity index (χ1v) is 4.91. The Morgan fingerprint density at radius 3 is 2.64 bits per heavy atom. The first-order valence-electron chi connectivity index (χ1n) is 4.03. The third-order valence-corrected chi connectivity index (χ3v) is 2.18. The molecule has 0 N–H and O–H groups in total. The molecular formula is C10H7NO2S. The summed E-state index contributed by atoms with van der Waals surface area (Å²) in [6.45, 7) is 0. The summed E-state index contributed by atoms with van der Waals surface area (Å²) < 4.78 is 5.37. The minimum atomic E-state index is -0.283. The first-order chi connectivity index (χ1) is 6.84. The SMILES string of the molecule is O=c1ccsc(Oc2ccccc2)n1. The van der Waals surface area contributed by atoms with E-state index in [1.165, 1.54) is 17.4 Å². The van der Waals surface area contributed by atoms with Crippen molar-refractivity contribution in [3.05, 3.63) is 52.1 Å². The Morgan fingerprint density at radius 2 is 1.93 bits per heavy atom. The fourth-order valence-corrected chi connectivity index (χ4v) is 1.53. The van der Waals surface area contributed by atoms with E-state index >= 15 is 0 Å². The van der Waals surface area contributed by atoms with Gasteiger partial charge in [-0.15, -0.1) is 0 Å². The lowest BCUT2D eigenvalue weighted by molar-refractivity contribution is 0.476. The molecule has 0 bridgehead atoms. The molecule has 0 amide bonds. The second-order valence-corrected chi connectivity index (χ2v) is 3.41. The van der Waals surface area contributed by atoms with Crippen molar-refractivity contribution in [3.8, 4) is 10.9 Å². The van der Waals surface area contributed by atoms with Gasteiger partial charge in [0.2, 0.25) is 0 Å². The predicted molar refractivity (Wildman–Crippen MR) is 54.9 cm³/mol. The summed E-state index contributed by atoms with van der Waals surface area (Å²) >= 11 is 1.29. The van der Waals surface area contributed by atoms with Crippen molar-refractivity contribution in [3.63, 3.8) is 0 Å². The molecule has 0 atom stereocenters. The molecule has 4 heteroatoms. The van der Waals surface area contributed by atoms with Gasteiger partial charge in [0.15, 0.2) is 0 Å². The van der Waals surface area contributed by atoms with E-state index in [9.17, 15) is 4.79 Å². The van der Waals surface area contributed by atoms with E-state index < -0.39 is 0 Å². The maximum absolute atomic E-state index is 10.9. The van der Waals surface area contributed by atoms with Crippen LogP contribution in [0.4, 0.5) is 0 Å². The molecule has 0 spiro atoms. The average molecular weight is 205 g/mol.